The van der Waals surface area contributed by atoms with Crippen LogP contribution in [-0.2, 0) is 13.0 Å². The van der Waals surface area contributed by atoms with Crippen molar-refractivity contribution in [2.45, 2.75) is 19.2 Å². The van der Waals surface area contributed by atoms with Gasteiger partial charge in [-0.2, -0.15) is 13.2 Å². The molecule has 0 bridgehead atoms. The maximum Gasteiger partial charge on any atom is 0.393 e. The van der Waals surface area contributed by atoms with E-state index in [-0.39, 0.29) is 12.2 Å². The lowest BCUT2D eigenvalue weighted by Gasteiger charge is -2.06. The Morgan fingerprint density at radius 3 is 2.31 bits per heavy atom. The van der Waals surface area contributed by atoms with Crippen molar-refractivity contribution in [1.82, 2.24) is 0 Å². The van der Waals surface area contributed by atoms with Crippen molar-refractivity contribution in [3.05, 3.63) is 35.4 Å². The van der Waals surface area contributed by atoms with Crippen LogP contribution in [0.4, 0.5) is 13.2 Å². The van der Waals surface area contributed by atoms with Crippen molar-refractivity contribution in [3.63, 3.8) is 0 Å². The molecule has 0 amide bonds. The van der Waals surface area contributed by atoms with Gasteiger partial charge in [-0.1, -0.05) is 24.3 Å². The average molecular weight is 190 g/mol. The molecule has 0 aliphatic rings. The maximum absolute atomic E-state index is 11.9. The fraction of sp³-hybridized carbons (Fsp3) is 0.333. The first-order chi connectivity index (χ1) is 6.01. The quantitative estimate of drug-likeness (QED) is 0.758. The Morgan fingerprint density at radius 2 is 1.77 bits per heavy atom. The van der Waals surface area contributed by atoms with Crippen LogP contribution < -0.4 is 0 Å². The minimum Gasteiger partial charge on any atom is -0.392 e. The van der Waals surface area contributed by atoms with Crippen LogP contribution in [0.15, 0.2) is 24.3 Å². The molecule has 13 heavy (non-hydrogen) atoms. The van der Waals surface area contributed by atoms with Gasteiger partial charge in [-0.3, -0.25) is 0 Å². The average Bonchev–Trinajstić information content (AvgIpc) is 2.01. The van der Waals surface area contributed by atoms with Gasteiger partial charge in [-0.05, 0) is 11.1 Å². The zero-order chi connectivity index (χ0) is 9.90. The largest absolute Gasteiger partial charge is 0.393 e. The van der Waals surface area contributed by atoms with Crippen LogP contribution in [0.5, 0.6) is 0 Å². The van der Waals surface area contributed by atoms with E-state index >= 15 is 0 Å². The summed E-state index contributed by atoms with van der Waals surface area (Å²) in [6, 6.07) is 5.84. The Labute approximate surface area is 73.8 Å². The number of rotatable bonds is 2. The normalized spacial score (nSPS) is 11.7. The van der Waals surface area contributed by atoms with Gasteiger partial charge in [0.25, 0.3) is 0 Å². The third kappa shape index (κ3) is 3.46. The Kier molecular flexibility index (Phi) is 2.93. The summed E-state index contributed by atoms with van der Waals surface area (Å²) in [5, 5.41) is 8.68. The van der Waals surface area contributed by atoms with Gasteiger partial charge in [0.15, 0.2) is 0 Å². The fourth-order valence-corrected chi connectivity index (χ4v) is 1.07. The molecule has 0 unspecified atom stereocenters. The van der Waals surface area contributed by atoms with Crippen LogP contribution in [0.3, 0.4) is 0 Å². The molecule has 0 atom stereocenters. The summed E-state index contributed by atoms with van der Waals surface area (Å²) in [7, 11) is 0. The van der Waals surface area contributed by atoms with Gasteiger partial charge in [0.2, 0.25) is 0 Å². The van der Waals surface area contributed by atoms with Gasteiger partial charge >= 0.3 is 6.18 Å². The number of benzene rings is 1. The van der Waals surface area contributed by atoms with Gasteiger partial charge in [0.1, 0.15) is 0 Å². The number of aliphatic hydroxyl groups is 1. The van der Waals surface area contributed by atoms with E-state index in [4.69, 9.17) is 5.11 Å². The van der Waals surface area contributed by atoms with Crippen molar-refractivity contribution in [2.24, 2.45) is 0 Å². The van der Waals surface area contributed by atoms with Gasteiger partial charge in [0.05, 0.1) is 13.0 Å². The first-order valence-corrected chi connectivity index (χ1v) is 3.77. The second-order valence-corrected chi connectivity index (χ2v) is 2.77. The highest BCUT2D eigenvalue weighted by molar-refractivity contribution is 5.23. The van der Waals surface area contributed by atoms with Crippen LogP contribution >= 0.6 is 0 Å². The second kappa shape index (κ2) is 3.79. The molecule has 1 aromatic rings. The molecule has 0 aliphatic carbocycles. The van der Waals surface area contributed by atoms with E-state index in [1.54, 1.807) is 6.07 Å². The number of alkyl halides is 3. The smallest absolute Gasteiger partial charge is 0.392 e. The monoisotopic (exact) mass is 190 g/mol. The highest BCUT2D eigenvalue weighted by atomic mass is 19.4. The third-order valence-electron chi connectivity index (χ3n) is 1.58. The van der Waals surface area contributed by atoms with Crippen molar-refractivity contribution >= 4 is 0 Å². The number of halogens is 3. The second-order valence-electron chi connectivity index (χ2n) is 2.77. The van der Waals surface area contributed by atoms with Crippen LogP contribution in [0.25, 0.3) is 0 Å². The van der Waals surface area contributed by atoms with E-state index in [0.29, 0.717) is 5.56 Å². The molecule has 1 nitrogen and oxygen atoms in total. The summed E-state index contributed by atoms with van der Waals surface area (Å²) in [4.78, 5) is 0. The molecule has 1 rings (SSSR count). The van der Waals surface area contributed by atoms with Gasteiger partial charge in [0, 0.05) is 0 Å². The van der Waals surface area contributed by atoms with E-state index in [0.717, 1.165) is 0 Å². The molecular formula is C9H9F3O. The Hall–Kier alpha value is -1.03. The van der Waals surface area contributed by atoms with E-state index in [1.165, 1.54) is 18.2 Å². The van der Waals surface area contributed by atoms with E-state index in [2.05, 4.69) is 0 Å². The molecule has 0 spiro atoms. The van der Waals surface area contributed by atoms with E-state index in [9.17, 15) is 13.2 Å². The van der Waals surface area contributed by atoms with Crippen molar-refractivity contribution in [2.75, 3.05) is 0 Å². The van der Waals surface area contributed by atoms with E-state index < -0.39 is 12.6 Å². The Balaban J connectivity index is 2.78. The molecule has 0 aliphatic heterocycles. The Bertz CT molecular complexity index is 280. The lowest BCUT2D eigenvalue weighted by Crippen LogP contribution is -2.11. The third-order valence-corrected chi connectivity index (χ3v) is 1.58. The van der Waals surface area contributed by atoms with Gasteiger partial charge in [-0.25, -0.2) is 0 Å². The summed E-state index contributed by atoms with van der Waals surface area (Å²) < 4.78 is 35.7. The first kappa shape index (κ1) is 10.1. The van der Waals surface area contributed by atoms with Crippen molar-refractivity contribution in [3.8, 4) is 0 Å². The predicted octanol–water partition coefficient (Wildman–Crippen LogP) is 2.28. The SMILES string of the molecule is OCc1cccc(CC(F)(F)F)c1. The molecule has 0 heterocycles. The molecule has 1 N–H and O–H groups in total. The van der Waals surface area contributed by atoms with Crippen molar-refractivity contribution in [1.29, 1.82) is 0 Å². The highest BCUT2D eigenvalue weighted by Crippen LogP contribution is 2.21. The standard InChI is InChI=1S/C9H9F3O/c10-9(11,12)5-7-2-1-3-8(4-7)6-13/h1-4,13H,5-6H2. The molecule has 0 radical (unpaired) electrons. The number of hydrogen-bond donors (Lipinski definition) is 1. The zero-order valence-corrected chi connectivity index (χ0v) is 6.80. The number of aliphatic hydroxyl groups excluding tert-OH is 1. The molecule has 0 saturated carbocycles. The number of hydrogen-bond acceptors (Lipinski definition) is 1. The minimum absolute atomic E-state index is 0.180. The van der Waals surface area contributed by atoms with Crippen LogP contribution in [-0.4, -0.2) is 11.3 Å². The Morgan fingerprint density at radius 1 is 1.15 bits per heavy atom. The van der Waals surface area contributed by atoms with Crippen LogP contribution in [0.1, 0.15) is 11.1 Å². The predicted molar refractivity (Wildman–Crippen MR) is 42.1 cm³/mol. The van der Waals surface area contributed by atoms with Crippen LogP contribution in [0, 0.1) is 0 Å². The summed E-state index contributed by atoms with van der Waals surface area (Å²) in [5.74, 6) is 0. The molecule has 72 valence electrons. The van der Waals surface area contributed by atoms with Gasteiger partial charge in [-0.15, -0.1) is 0 Å². The lowest BCUT2D eigenvalue weighted by molar-refractivity contribution is -0.127. The lowest BCUT2D eigenvalue weighted by atomic mass is 10.1. The van der Waals surface area contributed by atoms with Crippen LogP contribution in [0.2, 0.25) is 0 Å². The summed E-state index contributed by atoms with van der Waals surface area (Å²) in [5.41, 5.74) is 0.681. The fourth-order valence-electron chi connectivity index (χ4n) is 1.07. The maximum atomic E-state index is 11.9. The molecular weight excluding hydrogens is 181 g/mol. The van der Waals surface area contributed by atoms with Gasteiger partial charge < -0.3 is 5.11 Å². The van der Waals surface area contributed by atoms with E-state index in [1.807, 2.05) is 0 Å². The topological polar surface area (TPSA) is 20.2 Å². The highest BCUT2D eigenvalue weighted by Gasteiger charge is 2.27. The molecule has 0 saturated heterocycles. The molecule has 4 heteroatoms. The zero-order valence-electron chi connectivity index (χ0n) is 6.80. The summed E-state index contributed by atoms with van der Waals surface area (Å²) in [6.45, 7) is -0.230. The molecule has 0 fully saturated rings. The summed E-state index contributed by atoms with van der Waals surface area (Å²) in [6.07, 6.45) is -5.13. The van der Waals surface area contributed by atoms with Crippen molar-refractivity contribution < 1.29 is 18.3 Å². The minimum atomic E-state index is -4.19. The molecule has 0 aromatic heterocycles. The summed E-state index contributed by atoms with van der Waals surface area (Å²) >= 11 is 0. The molecule has 1 aromatic carbocycles. The first-order valence-electron chi connectivity index (χ1n) is 3.77.